The van der Waals surface area contributed by atoms with Crippen molar-refractivity contribution >= 4 is 0 Å². The lowest BCUT2D eigenvalue weighted by molar-refractivity contribution is -0.0618. The quantitative estimate of drug-likeness (QED) is 0.597. The van der Waals surface area contributed by atoms with Gasteiger partial charge in [-0.2, -0.15) is 0 Å². The fraction of sp³-hybridized carbons (Fsp3) is 1.00. The van der Waals surface area contributed by atoms with E-state index in [1.807, 2.05) is 0 Å². The first kappa shape index (κ1) is 8.02. The van der Waals surface area contributed by atoms with E-state index >= 15 is 0 Å². The molecule has 1 fully saturated rings. The lowest BCUT2D eigenvalue weighted by Gasteiger charge is -2.32. The van der Waals surface area contributed by atoms with E-state index in [9.17, 15) is 0 Å². The Kier molecular flexibility index (Phi) is 2.69. The third-order valence-corrected chi connectivity index (χ3v) is 2.36. The molecule has 0 aromatic rings. The summed E-state index contributed by atoms with van der Waals surface area (Å²) in [6.45, 7) is 5.02. The Morgan fingerprint density at radius 1 is 1.40 bits per heavy atom. The van der Waals surface area contributed by atoms with Gasteiger partial charge in [0.05, 0.1) is 12.2 Å². The molecule has 0 unspecified atom stereocenters. The maximum atomic E-state index is 5.61. The molecule has 1 aliphatic heterocycles. The highest BCUT2D eigenvalue weighted by molar-refractivity contribution is 4.74. The zero-order chi connectivity index (χ0) is 7.56. The van der Waals surface area contributed by atoms with E-state index in [1.54, 1.807) is 0 Å². The second-order valence-electron chi connectivity index (χ2n) is 3.22. The van der Waals surface area contributed by atoms with E-state index in [0.717, 1.165) is 6.54 Å². The summed E-state index contributed by atoms with van der Waals surface area (Å²) < 4.78 is 5.61. The van der Waals surface area contributed by atoms with Crippen LogP contribution in [0.5, 0.6) is 0 Å². The maximum absolute atomic E-state index is 5.61. The standard InChI is InChI=1S/C8H17NO/c1-6-3-4-8(5-9)7(2)10-6/h6-8H,3-5,9H2,1-2H3/t6-,7+,8+/m0/s1. The van der Waals surface area contributed by atoms with Gasteiger partial charge in [-0.3, -0.25) is 0 Å². The molecule has 2 heteroatoms. The normalized spacial score (nSPS) is 41.7. The van der Waals surface area contributed by atoms with Crippen LogP contribution < -0.4 is 5.73 Å². The van der Waals surface area contributed by atoms with Crippen LogP contribution in [0.25, 0.3) is 0 Å². The SMILES string of the molecule is C[C@H]1CC[C@H](CN)[C@@H](C)O1. The topological polar surface area (TPSA) is 35.2 Å². The van der Waals surface area contributed by atoms with Crippen LogP contribution in [0, 0.1) is 5.92 Å². The fourth-order valence-corrected chi connectivity index (χ4v) is 1.54. The van der Waals surface area contributed by atoms with E-state index in [2.05, 4.69) is 13.8 Å². The van der Waals surface area contributed by atoms with Crippen LogP contribution in [0.4, 0.5) is 0 Å². The van der Waals surface area contributed by atoms with Gasteiger partial charge in [0.2, 0.25) is 0 Å². The van der Waals surface area contributed by atoms with Crippen molar-refractivity contribution in [2.75, 3.05) is 6.54 Å². The van der Waals surface area contributed by atoms with E-state index < -0.39 is 0 Å². The predicted octanol–water partition coefficient (Wildman–Crippen LogP) is 1.15. The zero-order valence-electron chi connectivity index (χ0n) is 6.84. The third kappa shape index (κ3) is 1.70. The molecule has 1 heterocycles. The second-order valence-corrected chi connectivity index (χ2v) is 3.22. The Hall–Kier alpha value is -0.0800. The molecular weight excluding hydrogens is 126 g/mol. The Labute approximate surface area is 62.7 Å². The van der Waals surface area contributed by atoms with E-state index in [1.165, 1.54) is 12.8 Å². The molecule has 0 saturated carbocycles. The molecule has 0 aromatic heterocycles. The minimum Gasteiger partial charge on any atom is -0.375 e. The van der Waals surface area contributed by atoms with Crippen molar-refractivity contribution in [3.05, 3.63) is 0 Å². The summed E-state index contributed by atoms with van der Waals surface area (Å²) in [6.07, 6.45) is 3.22. The van der Waals surface area contributed by atoms with E-state index in [-0.39, 0.29) is 0 Å². The van der Waals surface area contributed by atoms with Crippen LogP contribution in [0.2, 0.25) is 0 Å². The van der Waals surface area contributed by atoms with Crippen LogP contribution >= 0.6 is 0 Å². The predicted molar refractivity (Wildman–Crippen MR) is 41.8 cm³/mol. The molecule has 60 valence electrons. The molecule has 10 heavy (non-hydrogen) atoms. The van der Waals surface area contributed by atoms with Gasteiger partial charge in [-0.05, 0) is 39.2 Å². The highest BCUT2D eigenvalue weighted by atomic mass is 16.5. The number of rotatable bonds is 1. The van der Waals surface area contributed by atoms with Crippen LogP contribution in [0.3, 0.4) is 0 Å². The van der Waals surface area contributed by atoms with Crippen LogP contribution in [-0.4, -0.2) is 18.8 Å². The van der Waals surface area contributed by atoms with Crippen molar-refractivity contribution in [1.82, 2.24) is 0 Å². The van der Waals surface area contributed by atoms with Crippen molar-refractivity contribution in [2.24, 2.45) is 11.7 Å². The van der Waals surface area contributed by atoms with Gasteiger partial charge in [-0.25, -0.2) is 0 Å². The largest absolute Gasteiger partial charge is 0.375 e. The molecule has 1 rings (SSSR count). The first-order valence-electron chi connectivity index (χ1n) is 4.09. The lowest BCUT2D eigenvalue weighted by atomic mass is 9.93. The maximum Gasteiger partial charge on any atom is 0.0590 e. The fourth-order valence-electron chi connectivity index (χ4n) is 1.54. The first-order chi connectivity index (χ1) is 4.74. The number of nitrogens with two attached hydrogens (primary N) is 1. The molecule has 1 aliphatic rings. The Balaban J connectivity index is 2.36. The summed E-state index contributed by atoms with van der Waals surface area (Å²) in [7, 11) is 0. The monoisotopic (exact) mass is 143 g/mol. The number of ether oxygens (including phenoxy) is 1. The van der Waals surface area contributed by atoms with E-state index in [4.69, 9.17) is 10.5 Å². The summed E-state index contributed by atoms with van der Waals surface area (Å²) in [5, 5.41) is 0. The van der Waals surface area contributed by atoms with Crippen LogP contribution in [-0.2, 0) is 4.74 Å². The first-order valence-corrected chi connectivity index (χ1v) is 4.09. The van der Waals surface area contributed by atoms with Crippen molar-refractivity contribution in [3.63, 3.8) is 0 Å². The number of hydrogen-bond acceptors (Lipinski definition) is 2. The minimum atomic E-state index is 0.369. The second kappa shape index (κ2) is 3.35. The molecular formula is C8H17NO. The summed E-state index contributed by atoms with van der Waals surface area (Å²) >= 11 is 0. The Bertz CT molecular complexity index is 105. The van der Waals surface area contributed by atoms with Crippen LogP contribution in [0.1, 0.15) is 26.7 Å². The molecule has 2 N–H and O–H groups in total. The molecule has 0 aromatic carbocycles. The van der Waals surface area contributed by atoms with Crippen LogP contribution in [0.15, 0.2) is 0 Å². The molecule has 3 atom stereocenters. The molecule has 0 radical (unpaired) electrons. The smallest absolute Gasteiger partial charge is 0.0590 e. The van der Waals surface area contributed by atoms with Gasteiger partial charge in [0.1, 0.15) is 0 Å². The van der Waals surface area contributed by atoms with Gasteiger partial charge in [0.15, 0.2) is 0 Å². The average molecular weight is 143 g/mol. The van der Waals surface area contributed by atoms with Gasteiger partial charge in [-0.1, -0.05) is 0 Å². The van der Waals surface area contributed by atoms with Gasteiger partial charge in [0.25, 0.3) is 0 Å². The lowest BCUT2D eigenvalue weighted by Crippen LogP contribution is -2.35. The van der Waals surface area contributed by atoms with Gasteiger partial charge in [0, 0.05) is 0 Å². The molecule has 0 amide bonds. The van der Waals surface area contributed by atoms with Crippen molar-refractivity contribution in [1.29, 1.82) is 0 Å². The molecule has 1 saturated heterocycles. The Morgan fingerprint density at radius 2 is 2.10 bits per heavy atom. The minimum absolute atomic E-state index is 0.369. The van der Waals surface area contributed by atoms with Crippen molar-refractivity contribution < 1.29 is 4.74 Å². The van der Waals surface area contributed by atoms with Crippen molar-refractivity contribution in [2.45, 2.75) is 38.9 Å². The summed E-state index contributed by atoms with van der Waals surface area (Å²) in [4.78, 5) is 0. The zero-order valence-corrected chi connectivity index (χ0v) is 6.84. The summed E-state index contributed by atoms with van der Waals surface area (Å²) in [5.74, 6) is 0.594. The molecule has 2 nitrogen and oxygen atoms in total. The highest BCUT2D eigenvalue weighted by Crippen LogP contribution is 2.23. The summed E-state index contributed by atoms with van der Waals surface area (Å²) in [6, 6.07) is 0. The van der Waals surface area contributed by atoms with Gasteiger partial charge >= 0.3 is 0 Å². The Morgan fingerprint density at radius 3 is 2.60 bits per heavy atom. The third-order valence-electron chi connectivity index (χ3n) is 2.36. The number of hydrogen-bond donors (Lipinski definition) is 1. The molecule has 0 aliphatic carbocycles. The average Bonchev–Trinajstić information content (AvgIpc) is 1.88. The van der Waals surface area contributed by atoms with Gasteiger partial charge < -0.3 is 10.5 Å². The van der Waals surface area contributed by atoms with Crippen molar-refractivity contribution in [3.8, 4) is 0 Å². The molecule has 0 bridgehead atoms. The highest BCUT2D eigenvalue weighted by Gasteiger charge is 2.24. The van der Waals surface area contributed by atoms with E-state index in [0.29, 0.717) is 18.1 Å². The van der Waals surface area contributed by atoms with Gasteiger partial charge in [-0.15, -0.1) is 0 Å². The molecule has 0 spiro atoms. The summed E-state index contributed by atoms with van der Waals surface area (Å²) in [5.41, 5.74) is 5.56.